The van der Waals surface area contributed by atoms with Crippen LogP contribution in [0.5, 0.6) is 11.5 Å². The Morgan fingerprint density at radius 3 is 2.67 bits per heavy atom. The third-order valence-electron chi connectivity index (χ3n) is 4.24. The van der Waals surface area contributed by atoms with Crippen molar-refractivity contribution in [2.75, 3.05) is 7.11 Å². The minimum atomic E-state index is -0.864. The van der Waals surface area contributed by atoms with Gasteiger partial charge in [0.15, 0.2) is 0 Å². The number of hydrogen-bond acceptors (Lipinski definition) is 3. The van der Waals surface area contributed by atoms with Gasteiger partial charge in [0, 0.05) is 23.1 Å². The minimum absolute atomic E-state index is 0.0391. The van der Waals surface area contributed by atoms with Gasteiger partial charge in [0.1, 0.15) is 11.5 Å². The van der Waals surface area contributed by atoms with E-state index in [0.717, 1.165) is 27.7 Å². The van der Waals surface area contributed by atoms with Gasteiger partial charge in [0.25, 0.3) is 0 Å². The van der Waals surface area contributed by atoms with Crippen molar-refractivity contribution in [2.24, 2.45) is 0 Å². The molecular formula is C19H19NO4. The van der Waals surface area contributed by atoms with Gasteiger partial charge < -0.3 is 19.5 Å². The molecule has 3 rings (SSSR count). The Bertz CT molecular complexity index is 911. The fourth-order valence-corrected chi connectivity index (χ4v) is 3.07. The Morgan fingerprint density at radius 1 is 1.21 bits per heavy atom. The Balaban J connectivity index is 2.16. The molecule has 5 nitrogen and oxygen atoms in total. The molecule has 0 saturated heterocycles. The van der Waals surface area contributed by atoms with Crippen molar-refractivity contribution in [3.8, 4) is 11.5 Å². The molecule has 0 radical (unpaired) electrons. The summed E-state index contributed by atoms with van der Waals surface area (Å²) in [4.78, 5) is 11.3. The highest BCUT2D eigenvalue weighted by Crippen LogP contribution is 2.30. The number of phenolic OH excluding ortho intramolecular Hbond substituents is 1. The Morgan fingerprint density at radius 2 is 2.00 bits per heavy atom. The molecule has 3 aromatic rings. The smallest absolute Gasteiger partial charge is 0.307 e. The van der Waals surface area contributed by atoms with Crippen LogP contribution in [0.3, 0.4) is 0 Å². The summed E-state index contributed by atoms with van der Waals surface area (Å²) in [7, 11) is 1.59. The van der Waals surface area contributed by atoms with E-state index in [1.807, 2.05) is 31.2 Å². The topological polar surface area (TPSA) is 71.7 Å². The highest BCUT2D eigenvalue weighted by atomic mass is 16.5. The fraction of sp³-hybridized carbons (Fsp3) is 0.211. The first-order valence-corrected chi connectivity index (χ1v) is 7.65. The average molecular weight is 325 g/mol. The Kier molecular flexibility index (Phi) is 4.16. The van der Waals surface area contributed by atoms with Crippen molar-refractivity contribution >= 4 is 16.9 Å². The Labute approximate surface area is 139 Å². The second-order valence-electron chi connectivity index (χ2n) is 5.77. The molecule has 0 saturated carbocycles. The number of carboxylic acid groups (broad SMARTS) is 1. The molecule has 0 bridgehead atoms. The number of aliphatic carboxylic acids is 1. The zero-order valence-corrected chi connectivity index (χ0v) is 13.6. The van der Waals surface area contributed by atoms with Crippen molar-refractivity contribution in [3.63, 3.8) is 0 Å². The lowest BCUT2D eigenvalue weighted by Gasteiger charge is -2.09. The van der Waals surface area contributed by atoms with E-state index < -0.39 is 5.97 Å². The number of aromatic hydroxyl groups is 1. The summed E-state index contributed by atoms with van der Waals surface area (Å²) in [5, 5.41) is 19.8. The van der Waals surface area contributed by atoms with Crippen LogP contribution in [0.2, 0.25) is 0 Å². The summed E-state index contributed by atoms with van der Waals surface area (Å²) in [6, 6.07) is 12.8. The van der Waals surface area contributed by atoms with Crippen molar-refractivity contribution < 1.29 is 19.7 Å². The number of benzene rings is 2. The molecule has 5 heteroatoms. The molecule has 124 valence electrons. The number of methoxy groups -OCH3 is 1. The summed E-state index contributed by atoms with van der Waals surface area (Å²) in [5.74, 6) is 0.0509. The highest BCUT2D eigenvalue weighted by molar-refractivity contribution is 5.90. The number of aromatic nitrogens is 1. The van der Waals surface area contributed by atoms with E-state index in [1.165, 1.54) is 0 Å². The molecule has 2 N–H and O–H groups in total. The number of carboxylic acids is 1. The van der Waals surface area contributed by atoms with Crippen LogP contribution in [-0.4, -0.2) is 27.9 Å². The molecule has 0 atom stereocenters. The molecule has 1 heterocycles. The quantitative estimate of drug-likeness (QED) is 0.755. The SMILES string of the molecule is COc1ccc2c(c1)c(CC(=O)O)c(C)n2Cc1cccc(O)c1. The largest absolute Gasteiger partial charge is 0.508 e. The third-order valence-corrected chi connectivity index (χ3v) is 4.24. The molecule has 0 amide bonds. The van der Waals surface area contributed by atoms with Crippen molar-refractivity contribution in [2.45, 2.75) is 19.9 Å². The van der Waals surface area contributed by atoms with Crippen LogP contribution in [0.15, 0.2) is 42.5 Å². The Hall–Kier alpha value is -2.95. The first-order valence-electron chi connectivity index (χ1n) is 7.65. The van der Waals surface area contributed by atoms with Crippen LogP contribution in [0.25, 0.3) is 10.9 Å². The number of hydrogen-bond donors (Lipinski definition) is 2. The van der Waals surface area contributed by atoms with Crippen molar-refractivity contribution in [3.05, 3.63) is 59.3 Å². The molecule has 1 aromatic heterocycles. The van der Waals surface area contributed by atoms with E-state index in [9.17, 15) is 15.0 Å². The first kappa shape index (κ1) is 15.9. The second-order valence-corrected chi connectivity index (χ2v) is 5.77. The zero-order chi connectivity index (χ0) is 17.3. The number of fused-ring (bicyclic) bond motifs is 1. The fourth-order valence-electron chi connectivity index (χ4n) is 3.07. The van der Waals surface area contributed by atoms with Gasteiger partial charge in [0.05, 0.1) is 13.5 Å². The minimum Gasteiger partial charge on any atom is -0.508 e. The van der Waals surface area contributed by atoms with Gasteiger partial charge in [0.2, 0.25) is 0 Å². The molecule has 2 aromatic carbocycles. The van der Waals surface area contributed by atoms with Crippen molar-refractivity contribution in [1.29, 1.82) is 0 Å². The van der Waals surface area contributed by atoms with Crippen LogP contribution in [0, 0.1) is 6.92 Å². The molecule has 0 unspecified atom stereocenters. The molecule has 0 aliphatic heterocycles. The molecule has 0 spiro atoms. The van der Waals surface area contributed by atoms with Gasteiger partial charge in [-0.05, 0) is 48.4 Å². The standard InChI is InChI=1S/C19H19NO4/c1-12-16(10-19(22)23)17-9-15(24-2)6-7-18(17)20(12)11-13-4-3-5-14(21)8-13/h3-9,21H,10-11H2,1-2H3,(H,22,23). The van der Waals surface area contributed by atoms with Gasteiger partial charge in [-0.15, -0.1) is 0 Å². The van der Waals surface area contributed by atoms with Gasteiger partial charge >= 0.3 is 5.97 Å². The molecule has 24 heavy (non-hydrogen) atoms. The number of ether oxygens (including phenoxy) is 1. The summed E-state index contributed by atoms with van der Waals surface area (Å²) in [6.07, 6.45) is -0.0391. The predicted molar refractivity (Wildman–Crippen MR) is 91.8 cm³/mol. The molecule has 0 fully saturated rings. The van der Waals surface area contributed by atoms with E-state index in [-0.39, 0.29) is 12.2 Å². The van der Waals surface area contributed by atoms with E-state index >= 15 is 0 Å². The molecular weight excluding hydrogens is 306 g/mol. The maximum atomic E-state index is 11.3. The predicted octanol–water partition coefficient (Wildman–Crippen LogP) is 3.34. The molecule has 0 aliphatic carbocycles. The number of carbonyl (C=O) groups is 1. The normalized spacial score (nSPS) is 10.9. The number of nitrogens with zero attached hydrogens (tertiary/aromatic N) is 1. The highest BCUT2D eigenvalue weighted by Gasteiger charge is 2.17. The summed E-state index contributed by atoms with van der Waals surface area (Å²) in [6.45, 7) is 2.48. The lowest BCUT2D eigenvalue weighted by molar-refractivity contribution is -0.136. The maximum absolute atomic E-state index is 11.3. The monoisotopic (exact) mass is 325 g/mol. The summed E-state index contributed by atoms with van der Waals surface area (Å²) in [5.41, 5.74) is 3.60. The maximum Gasteiger partial charge on any atom is 0.307 e. The van der Waals surface area contributed by atoms with Crippen LogP contribution in [0.1, 0.15) is 16.8 Å². The van der Waals surface area contributed by atoms with Crippen molar-refractivity contribution in [1.82, 2.24) is 4.57 Å². The van der Waals surface area contributed by atoms with E-state index in [2.05, 4.69) is 4.57 Å². The van der Waals surface area contributed by atoms with Gasteiger partial charge in [-0.3, -0.25) is 4.79 Å². The number of rotatable bonds is 5. The number of phenols is 1. The van der Waals surface area contributed by atoms with Crippen LogP contribution >= 0.6 is 0 Å². The van der Waals surface area contributed by atoms with Gasteiger partial charge in [-0.2, -0.15) is 0 Å². The molecule has 0 aliphatic rings. The second kappa shape index (κ2) is 6.28. The van der Waals surface area contributed by atoms with E-state index in [0.29, 0.717) is 12.3 Å². The summed E-state index contributed by atoms with van der Waals surface area (Å²) < 4.78 is 7.35. The average Bonchev–Trinajstić information content (AvgIpc) is 2.79. The third kappa shape index (κ3) is 2.93. The van der Waals surface area contributed by atoms with E-state index in [4.69, 9.17) is 4.74 Å². The van der Waals surface area contributed by atoms with Gasteiger partial charge in [-0.1, -0.05) is 12.1 Å². The van der Waals surface area contributed by atoms with Crippen LogP contribution in [-0.2, 0) is 17.8 Å². The zero-order valence-electron chi connectivity index (χ0n) is 13.6. The lowest BCUT2D eigenvalue weighted by Crippen LogP contribution is -2.05. The first-order chi connectivity index (χ1) is 11.5. The van der Waals surface area contributed by atoms with Gasteiger partial charge in [-0.25, -0.2) is 0 Å². The summed E-state index contributed by atoms with van der Waals surface area (Å²) >= 11 is 0. The van der Waals surface area contributed by atoms with Crippen LogP contribution in [0.4, 0.5) is 0 Å². The van der Waals surface area contributed by atoms with E-state index in [1.54, 1.807) is 25.3 Å². The lowest BCUT2D eigenvalue weighted by atomic mass is 10.1. The van der Waals surface area contributed by atoms with Crippen LogP contribution < -0.4 is 4.74 Å².